The average molecular weight is 291 g/mol. The third kappa shape index (κ3) is 2.54. The molecule has 1 aromatic heterocycles. The predicted molar refractivity (Wildman–Crippen MR) is 78.0 cm³/mol. The van der Waals surface area contributed by atoms with E-state index in [4.69, 9.17) is 0 Å². The standard InChI is InChI=1S/C14H17N3O2S/c18-20(19,17-8-1-5-15-7-9-17)14-3-2-12-4-6-16-11-13(12)10-14/h2-4,6,10-11,15H,1,5,7-9H2. The quantitative estimate of drug-likeness (QED) is 0.903. The maximum Gasteiger partial charge on any atom is 0.243 e. The van der Waals surface area contributed by atoms with E-state index in [-0.39, 0.29) is 0 Å². The van der Waals surface area contributed by atoms with Gasteiger partial charge in [-0.25, -0.2) is 8.42 Å². The van der Waals surface area contributed by atoms with Gasteiger partial charge in [0.1, 0.15) is 0 Å². The lowest BCUT2D eigenvalue weighted by molar-refractivity contribution is 0.432. The number of benzene rings is 1. The van der Waals surface area contributed by atoms with E-state index in [0.717, 1.165) is 23.7 Å². The number of nitrogens with one attached hydrogen (secondary N) is 1. The molecule has 0 unspecified atom stereocenters. The summed E-state index contributed by atoms with van der Waals surface area (Å²) in [5, 5.41) is 5.06. The van der Waals surface area contributed by atoms with Crippen LogP contribution in [0.4, 0.5) is 0 Å². The van der Waals surface area contributed by atoms with Crippen LogP contribution in [0.5, 0.6) is 0 Å². The minimum absolute atomic E-state index is 0.347. The van der Waals surface area contributed by atoms with Crippen LogP contribution in [0.1, 0.15) is 6.42 Å². The normalized spacial score (nSPS) is 18.0. The first-order valence-corrected chi connectivity index (χ1v) is 8.16. The van der Waals surface area contributed by atoms with Crippen molar-refractivity contribution in [2.75, 3.05) is 26.2 Å². The summed E-state index contributed by atoms with van der Waals surface area (Å²) in [6, 6.07) is 7.09. The maximum absolute atomic E-state index is 12.7. The van der Waals surface area contributed by atoms with Crippen LogP contribution in [-0.2, 0) is 10.0 Å². The number of pyridine rings is 1. The zero-order chi connectivity index (χ0) is 14.0. The van der Waals surface area contributed by atoms with Gasteiger partial charge in [-0.1, -0.05) is 6.07 Å². The highest BCUT2D eigenvalue weighted by atomic mass is 32.2. The first kappa shape index (κ1) is 13.5. The van der Waals surface area contributed by atoms with E-state index < -0.39 is 10.0 Å². The van der Waals surface area contributed by atoms with Crippen LogP contribution in [0.3, 0.4) is 0 Å². The fourth-order valence-electron chi connectivity index (χ4n) is 2.43. The first-order chi connectivity index (χ1) is 9.68. The summed E-state index contributed by atoms with van der Waals surface area (Å²) in [7, 11) is -3.41. The van der Waals surface area contributed by atoms with Gasteiger partial charge in [0.05, 0.1) is 4.90 Å². The van der Waals surface area contributed by atoms with Gasteiger partial charge in [0.25, 0.3) is 0 Å². The molecule has 5 nitrogen and oxygen atoms in total. The Hall–Kier alpha value is -1.50. The second-order valence-electron chi connectivity index (χ2n) is 4.89. The van der Waals surface area contributed by atoms with Gasteiger partial charge < -0.3 is 5.32 Å². The predicted octanol–water partition coefficient (Wildman–Crippen LogP) is 1.22. The van der Waals surface area contributed by atoms with Crippen LogP contribution in [0.15, 0.2) is 41.6 Å². The topological polar surface area (TPSA) is 62.3 Å². The Morgan fingerprint density at radius 1 is 1.10 bits per heavy atom. The van der Waals surface area contributed by atoms with Crippen molar-refractivity contribution in [1.29, 1.82) is 0 Å². The number of nitrogens with zero attached hydrogens (tertiary/aromatic N) is 2. The van der Waals surface area contributed by atoms with Crippen LogP contribution < -0.4 is 5.32 Å². The molecule has 2 heterocycles. The third-order valence-electron chi connectivity index (χ3n) is 3.55. The molecule has 3 rings (SSSR count). The Balaban J connectivity index is 1.99. The molecule has 0 radical (unpaired) electrons. The van der Waals surface area contributed by atoms with Gasteiger partial charge in [-0.15, -0.1) is 0 Å². The summed E-state index contributed by atoms with van der Waals surface area (Å²) in [6.07, 6.45) is 4.24. The Morgan fingerprint density at radius 3 is 2.90 bits per heavy atom. The van der Waals surface area contributed by atoms with E-state index in [0.29, 0.717) is 24.5 Å². The minimum atomic E-state index is -3.41. The zero-order valence-electron chi connectivity index (χ0n) is 11.1. The van der Waals surface area contributed by atoms with Crippen molar-refractivity contribution in [3.05, 3.63) is 36.7 Å². The SMILES string of the molecule is O=S(=O)(c1ccc2ccncc2c1)N1CCCNCC1. The number of fused-ring (bicyclic) bond motifs is 1. The van der Waals surface area contributed by atoms with Crippen molar-refractivity contribution in [1.82, 2.24) is 14.6 Å². The van der Waals surface area contributed by atoms with Crippen molar-refractivity contribution in [2.24, 2.45) is 0 Å². The lowest BCUT2D eigenvalue weighted by atomic mass is 10.2. The highest BCUT2D eigenvalue weighted by molar-refractivity contribution is 7.89. The zero-order valence-corrected chi connectivity index (χ0v) is 11.9. The molecule has 1 fully saturated rings. The van der Waals surface area contributed by atoms with Crippen LogP contribution in [0.2, 0.25) is 0 Å². The number of rotatable bonds is 2. The lowest BCUT2D eigenvalue weighted by Gasteiger charge is -2.19. The van der Waals surface area contributed by atoms with Crippen molar-refractivity contribution >= 4 is 20.8 Å². The van der Waals surface area contributed by atoms with E-state index in [1.165, 1.54) is 0 Å². The lowest BCUT2D eigenvalue weighted by Crippen LogP contribution is -2.34. The molecule has 6 heteroatoms. The molecular formula is C14H17N3O2S. The molecule has 2 aromatic rings. The van der Waals surface area contributed by atoms with Gasteiger partial charge in [0, 0.05) is 37.4 Å². The van der Waals surface area contributed by atoms with Gasteiger partial charge in [-0.3, -0.25) is 4.98 Å². The van der Waals surface area contributed by atoms with Crippen LogP contribution in [0.25, 0.3) is 10.8 Å². The van der Waals surface area contributed by atoms with Gasteiger partial charge in [0.15, 0.2) is 0 Å². The van der Waals surface area contributed by atoms with Crippen molar-refractivity contribution in [2.45, 2.75) is 11.3 Å². The summed E-state index contributed by atoms with van der Waals surface area (Å²) >= 11 is 0. The van der Waals surface area contributed by atoms with Crippen LogP contribution in [0, 0.1) is 0 Å². The molecule has 1 saturated heterocycles. The summed E-state index contributed by atoms with van der Waals surface area (Å²) < 4.78 is 26.9. The molecule has 0 bridgehead atoms. The summed E-state index contributed by atoms with van der Waals surface area (Å²) in [5.41, 5.74) is 0. The Labute approximate surface area is 118 Å². The highest BCUT2D eigenvalue weighted by Gasteiger charge is 2.25. The molecule has 1 aliphatic rings. The Kier molecular flexibility index (Phi) is 3.69. The van der Waals surface area contributed by atoms with Gasteiger partial charge >= 0.3 is 0 Å². The largest absolute Gasteiger partial charge is 0.315 e. The smallest absolute Gasteiger partial charge is 0.243 e. The van der Waals surface area contributed by atoms with Crippen LogP contribution in [-0.4, -0.2) is 43.9 Å². The third-order valence-corrected chi connectivity index (χ3v) is 5.44. The Morgan fingerprint density at radius 2 is 2.00 bits per heavy atom. The molecule has 0 spiro atoms. The van der Waals surface area contributed by atoms with Gasteiger partial charge in [-0.05, 0) is 36.6 Å². The highest BCUT2D eigenvalue weighted by Crippen LogP contribution is 2.21. The van der Waals surface area contributed by atoms with E-state index in [2.05, 4.69) is 10.3 Å². The Bertz CT molecular complexity index is 707. The van der Waals surface area contributed by atoms with Gasteiger partial charge in [0.2, 0.25) is 10.0 Å². The summed E-state index contributed by atoms with van der Waals surface area (Å²) in [5.74, 6) is 0. The number of hydrogen-bond donors (Lipinski definition) is 1. The molecular weight excluding hydrogens is 274 g/mol. The number of sulfonamides is 1. The maximum atomic E-state index is 12.7. The molecule has 0 aliphatic carbocycles. The van der Waals surface area contributed by atoms with E-state index in [1.54, 1.807) is 28.8 Å². The minimum Gasteiger partial charge on any atom is -0.315 e. The van der Waals surface area contributed by atoms with Crippen LogP contribution >= 0.6 is 0 Å². The molecule has 0 amide bonds. The summed E-state index contributed by atoms with van der Waals surface area (Å²) in [4.78, 5) is 4.39. The van der Waals surface area contributed by atoms with Gasteiger partial charge in [-0.2, -0.15) is 4.31 Å². The van der Waals surface area contributed by atoms with E-state index >= 15 is 0 Å². The fraction of sp³-hybridized carbons (Fsp3) is 0.357. The van der Waals surface area contributed by atoms with Crippen molar-refractivity contribution in [3.8, 4) is 0 Å². The van der Waals surface area contributed by atoms with Crippen molar-refractivity contribution in [3.63, 3.8) is 0 Å². The second kappa shape index (κ2) is 5.47. The molecule has 0 atom stereocenters. The molecule has 1 aromatic carbocycles. The molecule has 1 aliphatic heterocycles. The molecule has 20 heavy (non-hydrogen) atoms. The number of aromatic nitrogens is 1. The van der Waals surface area contributed by atoms with Crippen molar-refractivity contribution < 1.29 is 8.42 Å². The first-order valence-electron chi connectivity index (χ1n) is 6.72. The summed E-state index contributed by atoms with van der Waals surface area (Å²) in [6.45, 7) is 2.66. The van der Waals surface area contributed by atoms with E-state index in [1.807, 2.05) is 12.1 Å². The molecule has 1 N–H and O–H groups in total. The molecule has 0 saturated carbocycles. The molecule has 106 valence electrons. The average Bonchev–Trinajstić information content (AvgIpc) is 2.76. The van der Waals surface area contributed by atoms with E-state index in [9.17, 15) is 8.42 Å². The number of hydrogen-bond acceptors (Lipinski definition) is 4. The fourth-order valence-corrected chi connectivity index (χ4v) is 3.95. The monoisotopic (exact) mass is 291 g/mol. The second-order valence-corrected chi connectivity index (χ2v) is 6.83.